The topological polar surface area (TPSA) is 59.8 Å². The van der Waals surface area contributed by atoms with Gasteiger partial charge >= 0.3 is 0 Å². The lowest BCUT2D eigenvalue weighted by Crippen LogP contribution is -2.22. The van der Waals surface area contributed by atoms with Crippen molar-refractivity contribution in [1.82, 2.24) is 14.5 Å². The maximum absolute atomic E-state index is 13.4. The van der Waals surface area contributed by atoms with Crippen molar-refractivity contribution < 1.29 is 0 Å². The summed E-state index contributed by atoms with van der Waals surface area (Å²) in [6, 6.07) is 15.5. The van der Waals surface area contributed by atoms with Gasteiger partial charge in [-0.1, -0.05) is 31.2 Å². The number of rotatable bonds is 5. The second kappa shape index (κ2) is 7.32. The van der Waals surface area contributed by atoms with Crippen LogP contribution >= 0.6 is 11.3 Å². The molecule has 0 atom stereocenters. The summed E-state index contributed by atoms with van der Waals surface area (Å²) >= 11 is 1.56. The molecule has 1 aromatic carbocycles. The van der Waals surface area contributed by atoms with E-state index in [1.165, 1.54) is 0 Å². The number of aryl methyl sites for hydroxylation is 1. The van der Waals surface area contributed by atoms with Gasteiger partial charge in [-0.2, -0.15) is 4.98 Å². The fourth-order valence-corrected chi connectivity index (χ4v) is 3.91. The highest BCUT2D eigenvalue weighted by molar-refractivity contribution is 7.13. The van der Waals surface area contributed by atoms with Gasteiger partial charge in [-0.05, 0) is 43.0 Å². The zero-order valence-corrected chi connectivity index (χ0v) is 16.1. The van der Waals surface area contributed by atoms with E-state index >= 15 is 0 Å². The van der Waals surface area contributed by atoms with E-state index in [2.05, 4.69) is 22.2 Å². The summed E-state index contributed by atoms with van der Waals surface area (Å²) in [6.45, 7) is 4.79. The number of benzene rings is 1. The Hall–Kier alpha value is -2.99. The van der Waals surface area contributed by atoms with Crippen LogP contribution in [0.2, 0.25) is 0 Å². The van der Waals surface area contributed by atoms with Crippen LogP contribution < -0.4 is 10.9 Å². The third-order valence-corrected chi connectivity index (χ3v) is 5.31. The molecule has 3 aromatic heterocycles. The molecular weight excluding hydrogens is 356 g/mol. The van der Waals surface area contributed by atoms with Crippen LogP contribution in [0.4, 0.5) is 5.95 Å². The molecule has 0 aliphatic rings. The number of hydrogen-bond acceptors (Lipinski definition) is 5. The molecule has 0 aliphatic heterocycles. The Kier molecular flexibility index (Phi) is 4.73. The van der Waals surface area contributed by atoms with E-state index < -0.39 is 0 Å². The van der Waals surface area contributed by atoms with Crippen LogP contribution in [0.1, 0.15) is 19.5 Å². The Morgan fingerprint density at radius 1 is 1.07 bits per heavy atom. The molecular formula is C21H20N4OS. The molecule has 5 nitrogen and oxygen atoms in total. The Bertz CT molecular complexity index is 1130. The monoisotopic (exact) mass is 376 g/mol. The molecule has 0 spiro atoms. The lowest BCUT2D eigenvalue weighted by Gasteiger charge is -2.15. The van der Waals surface area contributed by atoms with E-state index in [1.807, 2.05) is 60.8 Å². The normalized spacial score (nSPS) is 11.0. The number of pyridine rings is 1. The van der Waals surface area contributed by atoms with E-state index in [0.29, 0.717) is 17.2 Å². The van der Waals surface area contributed by atoms with Crippen LogP contribution in [0.25, 0.3) is 27.2 Å². The van der Waals surface area contributed by atoms with Crippen molar-refractivity contribution in [2.24, 2.45) is 0 Å². The number of fused-ring (bicyclic) bond motifs is 1. The molecule has 1 N–H and O–H groups in total. The highest BCUT2D eigenvalue weighted by Gasteiger charge is 2.17. The molecule has 0 unspecified atom stereocenters. The van der Waals surface area contributed by atoms with Crippen molar-refractivity contribution in [3.05, 3.63) is 70.0 Å². The van der Waals surface area contributed by atoms with Gasteiger partial charge in [0.05, 0.1) is 16.9 Å². The van der Waals surface area contributed by atoms with E-state index in [1.54, 1.807) is 15.9 Å². The Morgan fingerprint density at radius 2 is 1.89 bits per heavy atom. The molecule has 0 saturated heterocycles. The number of para-hydroxylation sites is 1. The maximum atomic E-state index is 13.4. The Balaban J connectivity index is 2.14. The van der Waals surface area contributed by atoms with Gasteiger partial charge in [-0.25, -0.2) is 4.98 Å². The molecule has 136 valence electrons. The number of aromatic nitrogens is 3. The van der Waals surface area contributed by atoms with Crippen LogP contribution in [0.15, 0.2) is 58.7 Å². The maximum Gasteiger partial charge on any atom is 0.265 e. The lowest BCUT2D eigenvalue weighted by molar-refractivity contribution is 0.966. The molecule has 6 heteroatoms. The first-order valence-electron chi connectivity index (χ1n) is 9.02. The van der Waals surface area contributed by atoms with Crippen LogP contribution in [-0.4, -0.2) is 21.1 Å². The fraction of sp³-hybridized carbons (Fsp3) is 0.190. The molecule has 0 bridgehead atoms. The largest absolute Gasteiger partial charge is 0.354 e. The van der Waals surface area contributed by atoms with Gasteiger partial charge in [0.2, 0.25) is 5.95 Å². The van der Waals surface area contributed by atoms with E-state index in [-0.39, 0.29) is 5.56 Å². The van der Waals surface area contributed by atoms with Crippen LogP contribution in [0.3, 0.4) is 0 Å². The SMILES string of the molecule is CCNc1nc(CC)c2cc(-c3cccs3)c(=O)n(-c3ccccc3)c2n1. The number of nitrogens with zero attached hydrogens (tertiary/aromatic N) is 3. The van der Waals surface area contributed by atoms with Crippen molar-refractivity contribution in [2.45, 2.75) is 20.3 Å². The summed E-state index contributed by atoms with van der Waals surface area (Å²) in [5, 5.41) is 6.07. The summed E-state index contributed by atoms with van der Waals surface area (Å²) in [6.07, 6.45) is 0.758. The van der Waals surface area contributed by atoms with Crippen molar-refractivity contribution in [1.29, 1.82) is 0 Å². The van der Waals surface area contributed by atoms with Crippen LogP contribution in [-0.2, 0) is 6.42 Å². The molecule has 3 heterocycles. The van der Waals surface area contributed by atoms with Gasteiger partial charge < -0.3 is 5.32 Å². The molecule has 0 fully saturated rings. The highest BCUT2D eigenvalue weighted by atomic mass is 32.1. The fourth-order valence-electron chi connectivity index (χ4n) is 3.18. The first kappa shape index (κ1) is 17.4. The highest BCUT2D eigenvalue weighted by Crippen LogP contribution is 2.28. The smallest absolute Gasteiger partial charge is 0.265 e. The summed E-state index contributed by atoms with van der Waals surface area (Å²) in [5.74, 6) is 0.551. The van der Waals surface area contributed by atoms with Gasteiger partial charge in [0, 0.05) is 16.8 Å². The van der Waals surface area contributed by atoms with Gasteiger partial charge in [-0.15, -0.1) is 11.3 Å². The van der Waals surface area contributed by atoms with Crippen molar-refractivity contribution in [3.63, 3.8) is 0 Å². The zero-order chi connectivity index (χ0) is 18.8. The predicted molar refractivity (Wildman–Crippen MR) is 112 cm³/mol. The first-order chi connectivity index (χ1) is 13.2. The minimum absolute atomic E-state index is 0.0700. The average molecular weight is 376 g/mol. The number of nitrogens with one attached hydrogen (secondary N) is 1. The third-order valence-electron chi connectivity index (χ3n) is 4.41. The Labute approximate surface area is 161 Å². The summed E-state index contributed by atoms with van der Waals surface area (Å²) in [7, 11) is 0. The van der Waals surface area contributed by atoms with Crippen LogP contribution in [0, 0.1) is 0 Å². The van der Waals surface area contributed by atoms with Crippen molar-refractivity contribution in [2.75, 3.05) is 11.9 Å². The van der Waals surface area contributed by atoms with Gasteiger partial charge in [0.25, 0.3) is 5.56 Å². The number of thiophene rings is 1. The molecule has 0 saturated carbocycles. The molecule has 0 radical (unpaired) electrons. The summed E-state index contributed by atoms with van der Waals surface area (Å²) < 4.78 is 1.70. The zero-order valence-electron chi connectivity index (χ0n) is 15.3. The minimum atomic E-state index is -0.0700. The molecule has 4 aromatic rings. The molecule has 0 aliphatic carbocycles. The lowest BCUT2D eigenvalue weighted by atomic mass is 10.1. The van der Waals surface area contributed by atoms with Gasteiger partial charge in [-0.3, -0.25) is 9.36 Å². The van der Waals surface area contributed by atoms with Crippen molar-refractivity contribution in [3.8, 4) is 16.1 Å². The van der Waals surface area contributed by atoms with E-state index in [4.69, 9.17) is 0 Å². The molecule has 27 heavy (non-hydrogen) atoms. The minimum Gasteiger partial charge on any atom is -0.354 e. The Morgan fingerprint density at radius 3 is 2.56 bits per heavy atom. The average Bonchev–Trinajstić information content (AvgIpc) is 3.22. The number of anilines is 1. The first-order valence-corrected chi connectivity index (χ1v) is 9.90. The van der Waals surface area contributed by atoms with E-state index in [0.717, 1.165) is 34.6 Å². The van der Waals surface area contributed by atoms with Gasteiger partial charge in [0.15, 0.2) is 5.65 Å². The van der Waals surface area contributed by atoms with E-state index in [9.17, 15) is 4.79 Å². The summed E-state index contributed by atoms with van der Waals surface area (Å²) in [4.78, 5) is 23.7. The second-order valence-electron chi connectivity index (χ2n) is 6.13. The predicted octanol–water partition coefficient (Wildman–Crippen LogP) is 4.50. The van der Waals surface area contributed by atoms with Gasteiger partial charge in [0.1, 0.15) is 0 Å². The second-order valence-corrected chi connectivity index (χ2v) is 7.07. The van der Waals surface area contributed by atoms with Crippen LogP contribution in [0.5, 0.6) is 0 Å². The molecule has 0 amide bonds. The quantitative estimate of drug-likeness (QED) is 0.557. The molecule has 4 rings (SSSR count). The number of hydrogen-bond donors (Lipinski definition) is 1. The third kappa shape index (κ3) is 3.13. The van der Waals surface area contributed by atoms with Crippen molar-refractivity contribution >= 4 is 28.3 Å². The summed E-state index contributed by atoms with van der Waals surface area (Å²) in [5.41, 5.74) is 2.97. The standard InChI is InChI=1S/C21H20N4OS/c1-3-17-15-13-16(18-11-8-12-27-18)20(26)25(14-9-6-5-7-10-14)19(15)24-21(23-17)22-4-2/h5-13H,3-4H2,1-2H3,(H,22,23,24).